The Kier molecular flexibility index (Phi) is 6.47. The number of urea groups is 1. The zero-order valence-corrected chi connectivity index (χ0v) is 22.2. The van der Waals surface area contributed by atoms with Crippen molar-refractivity contribution >= 4 is 28.5 Å². The lowest BCUT2D eigenvalue weighted by Gasteiger charge is -2.56. The number of carbonyl (C=O) groups excluding carboxylic acids is 2. The monoisotopic (exact) mass is 536 g/mol. The minimum atomic E-state index is -0.505. The molecule has 2 aromatic carbocycles. The topological polar surface area (TPSA) is 96.3 Å². The average Bonchev–Trinajstić information content (AvgIpc) is 3.23. The average molecular weight is 537 g/mol. The summed E-state index contributed by atoms with van der Waals surface area (Å²) in [6.07, 6.45) is 1.31. The fraction of sp³-hybridized carbons (Fsp3) is 0.448. The van der Waals surface area contributed by atoms with Gasteiger partial charge in [-0.1, -0.05) is 6.07 Å². The maximum Gasteiger partial charge on any atom is 0.321 e. The van der Waals surface area contributed by atoms with Gasteiger partial charge in [0.15, 0.2) is 0 Å². The highest BCUT2D eigenvalue weighted by atomic mass is 19.1. The largest absolute Gasteiger partial charge is 0.497 e. The van der Waals surface area contributed by atoms with E-state index in [1.807, 2.05) is 30.1 Å². The molecule has 10 heteroatoms. The molecule has 3 aliphatic rings. The number of aromatic nitrogens is 1. The van der Waals surface area contributed by atoms with Gasteiger partial charge in [0.25, 0.3) is 0 Å². The van der Waals surface area contributed by atoms with E-state index < -0.39 is 17.3 Å². The lowest BCUT2D eigenvalue weighted by atomic mass is 9.68. The first-order chi connectivity index (χ1) is 18.8. The third-order valence-electron chi connectivity index (χ3n) is 8.52. The highest BCUT2D eigenvalue weighted by molar-refractivity contribution is 5.93. The maximum absolute atomic E-state index is 13.9. The third-order valence-corrected chi connectivity index (χ3v) is 8.52. The van der Waals surface area contributed by atoms with E-state index in [4.69, 9.17) is 9.47 Å². The zero-order chi connectivity index (χ0) is 27.3. The third kappa shape index (κ3) is 4.22. The van der Waals surface area contributed by atoms with Crippen LogP contribution in [0, 0.1) is 11.7 Å². The van der Waals surface area contributed by atoms with Crippen molar-refractivity contribution in [2.24, 2.45) is 13.0 Å². The second kappa shape index (κ2) is 9.84. The van der Waals surface area contributed by atoms with Gasteiger partial charge >= 0.3 is 6.03 Å². The van der Waals surface area contributed by atoms with Crippen LogP contribution in [-0.4, -0.2) is 78.0 Å². The fourth-order valence-corrected chi connectivity index (χ4v) is 6.62. The number of rotatable bonds is 4. The number of nitrogens with zero attached hydrogens (tertiary/aromatic N) is 3. The molecule has 9 nitrogen and oxygen atoms in total. The predicted octanol–water partition coefficient (Wildman–Crippen LogP) is 3.41. The Morgan fingerprint density at radius 3 is 2.62 bits per heavy atom. The van der Waals surface area contributed by atoms with Crippen LogP contribution >= 0.6 is 0 Å². The number of aliphatic hydroxyl groups is 1. The fourth-order valence-electron chi connectivity index (χ4n) is 6.62. The van der Waals surface area contributed by atoms with Gasteiger partial charge in [0.1, 0.15) is 11.6 Å². The van der Waals surface area contributed by atoms with Crippen LogP contribution in [0.1, 0.15) is 30.1 Å². The van der Waals surface area contributed by atoms with E-state index >= 15 is 0 Å². The number of hydrogen-bond acceptors (Lipinski definition) is 5. The lowest BCUT2D eigenvalue weighted by molar-refractivity contribution is -0.145. The molecule has 0 bridgehead atoms. The van der Waals surface area contributed by atoms with Gasteiger partial charge in [-0.05, 0) is 48.7 Å². The molecule has 0 unspecified atom stereocenters. The van der Waals surface area contributed by atoms with Gasteiger partial charge < -0.3 is 34.3 Å². The standard InChI is InChI=1S/C29H33FN4O5/c1-32-23-13-21(38-2)6-7-22(23)25-26(32)24(14-35)34(27(36)18-8-10-39-11-9-18)17-29(25)15-33(16-29)28(37)31-20-5-3-4-19(30)12-20/h3-7,12-13,18,24,35H,8-11,14-17H2,1-2H3,(H,31,37)/t24-/m1/s1. The van der Waals surface area contributed by atoms with Crippen LogP contribution in [0.15, 0.2) is 42.5 Å². The van der Waals surface area contributed by atoms with Crippen LogP contribution in [0.5, 0.6) is 5.75 Å². The van der Waals surface area contributed by atoms with E-state index in [-0.39, 0.29) is 24.5 Å². The summed E-state index contributed by atoms with van der Waals surface area (Å²) in [6.45, 7) is 2.07. The quantitative estimate of drug-likeness (QED) is 0.533. The van der Waals surface area contributed by atoms with Crippen LogP contribution in [-0.2, 0) is 22.0 Å². The molecule has 1 spiro atoms. The molecular weight excluding hydrogens is 503 g/mol. The molecule has 0 radical (unpaired) electrons. The van der Waals surface area contributed by atoms with Crippen molar-refractivity contribution in [2.75, 3.05) is 51.9 Å². The Bertz CT molecular complexity index is 1430. The number of anilines is 1. The first-order valence-corrected chi connectivity index (χ1v) is 13.3. The Hall–Kier alpha value is -3.63. The van der Waals surface area contributed by atoms with Crippen LogP contribution in [0.2, 0.25) is 0 Å². The molecule has 1 aromatic heterocycles. The van der Waals surface area contributed by atoms with E-state index in [1.54, 1.807) is 24.1 Å². The molecule has 1 atom stereocenters. The molecule has 6 rings (SSSR count). The summed E-state index contributed by atoms with van der Waals surface area (Å²) in [4.78, 5) is 30.5. The molecule has 3 aliphatic heterocycles. The number of likely N-dealkylation sites (tertiary alicyclic amines) is 1. The van der Waals surface area contributed by atoms with Crippen LogP contribution in [0.4, 0.5) is 14.9 Å². The number of nitrogens with one attached hydrogen (secondary N) is 1. The van der Waals surface area contributed by atoms with Crippen LogP contribution in [0.25, 0.3) is 10.9 Å². The van der Waals surface area contributed by atoms with Gasteiger partial charge in [0, 0.05) is 68.6 Å². The highest BCUT2D eigenvalue weighted by Gasteiger charge is 2.56. The van der Waals surface area contributed by atoms with E-state index in [9.17, 15) is 19.1 Å². The minimum absolute atomic E-state index is 0.0212. The van der Waals surface area contributed by atoms with Gasteiger partial charge in [-0.25, -0.2) is 9.18 Å². The Labute approximate surface area is 226 Å². The Balaban J connectivity index is 1.39. The molecule has 0 saturated carbocycles. The Morgan fingerprint density at radius 2 is 1.92 bits per heavy atom. The molecular formula is C29H33FN4O5. The van der Waals surface area contributed by atoms with E-state index in [2.05, 4.69) is 9.88 Å². The van der Waals surface area contributed by atoms with Crippen LogP contribution < -0.4 is 10.1 Å². The number of benzene rings is 2. The molecule has 3 aromatic rings. The SMILES string of the molecule is COc1ccc2c3c(n(C)c2c1)[C@@H](CO)N(C(=O)C1CCOCC1)CC31CN(C(=O)Nc2cccc(F)c2)C1. The number of aryl methyl sites for hydroxylation is 1. The number of methoxy groups -OCH3 is 1. The number of hydrogen-bond donors (Lipinski definition) is 2. The number of fused-ring (bicyclic) bond motifs is 4. The zero-order valence-electron chi connectivity index (χ0n) is 22.2. The van der Waals surface area contributed by atoms with Crippen molar-refractivity contribution in [1.29, 1.82) is 0 Å². The van der Waals surface area contributed by atoms with Gasteiger partial charge in [-0.15, -0.1) is 0 Å². The number of aliphatic hydroxyl groups excluding tert-OH is 1. The lowest BCUT2D eigenvalue weighted by Crippen LogP contribution is -2.69. The number of halogens is 1. The van der Waals surface area contributed by atoms with Crippen molar-refractivity contribution in [3.05, 3.63) is 59.5 Å². The highest BCUT2D eigenvalue weighted by Crippen LogP contribution is 2.50. The van der Waals surface area contributed by atoms with Gasteiger partial charge in [-0.3, -0.25) is 4.79 Å². The van der Waals surface area contributed by atoms with Gasteiger partial charge in [0.2, 0.25) is 5.91 Å². The molecule has 206 valence electrons. The summed E-state index contributed by atoms with van der Waals surface area (Å²) >= 11 is 0. The molecule has 2 N–H and O–H groups in total. The molecule has 4 heterocycles. The number of amides is 3. The molecule has 2 saturated heterocycles. The Morgan fingerprint density at radius 1 is 1.15 bits per heavy atom. The van der Waals surface area contributed by atoms with Crippen molar-refractivity contribution in [1.82, 2.24) is 14.4 Å². The summed E-state index contributed by atoms with van der Waals surface area (Å²) in [5, 5.41) is 14.4. The molecule has 2 fully saturated rings. The second-order valence-corrected chi connectivity index (χ2v) is 10.8. The summed E-state index contributed by atoms with van der Waals surface area (Å²) < 4.78 is 26.7. The number of carbonyl (C=O) groups is 2. The molecule has 0 aliphatic carbocycles. The normalized spacial score (nSPS) is 20.6. The first-order valence-electron chi connectivity index (χ1n) is 13.3. The molecule has 3 amide bonds. The summed E-state index contributed by atoms with van der Waals surface area (Å²) in [5.74, 6) is 0.157. The van der Waals surface area contributed by atoms with Crippen molar-refractivity contribution < 1.29 is 28.6 Å². The maximum atomic E-state index is 13.9. The van der Waals surface area contributed by atoms with Gasteiger partial charge in [0.05, 0.1) is 30.7 Å². The second-order valence-electron chi connectivity index (χ2n) is 10.8. The summed E-state index contributed by atoms with van der Waals surface area (Å²) in [5.41, 5.74) is 2.78. The van der Waals surface area contributed by atoms with Crippen molar-refractivity contribution in [3.8, 4) is 5.75 Å². The molecule has 39 heavy (non-hydrogen) atoms. The first kappa shape index (κ1) is 25.6. The number of ether oxygens (including phenoxy) is 2. The smallest absolute Gasteiger partial charge is 0.321 e. The minimum Gasteiger partial charge on any atom is -0.497 e. The summed E-state index contributed by atoms with van der Waals surface area (Å²) in [6, 6.07) is 10.9. The van der Waals surface area contributed by atoms with E-state index in [0.717, 1.165) is 27.9 Å². The van der Waals surface area contributed by atoms with E-state index in [1.165, 1.54) is 12.1 Å². The summed E-state index contributed by atoms with van der Waals surface area (Å²) in [7, 11) is 3.57. The van der Waals surface area contributed by atoms with Crippen molar-refractivity contribution in [2.45, 2.75) is 24.3 Å². The van der Waals surface area contributed by atoms with E-state index in [0.29, 0.717) is 51.4 Å². The van der Waals surface area contributed by atoms with Gasteiger partial charge in [-0.2, -0.15) is 0 Å². The van der Waals surface area contributed by atoms with Crippen molar-refractivity contribution in [3.63, 3.8) is 0 Å². The predicted molar refractivity (Wildman–Crippen MR) is 143 cm³/mol. The van der Waals surface area contributed by atoms with Crippen LogP contribution in [0.3, 0.4) is 0 Å².